The van der Waals surface area contributed by atoms with Crippen LogP contribution >= 0.6 is 0 Å². The first-order valence-electron chi connectivity index (χ1n) is 5.38. The minimum atomic E-state index is -0.0111. The molecule has 0 radical (unpaired) electrons. The van der Waals surface area contributed by atoms with Gasteiger partial charge in [-0.3, -0.25) is 0 Å². The molecule has 0 bridgehead atoms. The van der Waals surface area contributed by atoms with E-state index in [0.29, 0.717) is 0 Å². The Hall–Kier alpha value is -1.29. The van der Waals surface area contributed by atoms with Crippen LogP contribution in [0.4, 0.5) is 0 Å². The van der Waals surface area contributed by atoms with E-state index in [9.17, 15) is 0 Å². The highest BCUT2D eigenvalue weighted by molar-refractivity contribution is 5.51. The van der Waals surface area contributed by atoms with Crippen LogP contribution in [0.5, 0.6) is 0 Å². The maximum absolute atomic E-state index is 9.04. The van der Waals surface area contributed by atoms with E-state index in [1.165, 1.54) is 33.4 Å². The number of rotatable bonds is 1. The molecule has 0 aliphatic carbocycles. The second-order valence-corrected chi connectivity index (χ2v) is 4.39. The van der Waals surface area contributed by atoms with Crippen molar-refractivity contribution in [2.75, 3.05) is 0 Å². The first-order chi connectivity index (χ1) is 6.91. The summed E-state index contributed by atoms with van der Waals surface area (Å²) >= 11 is 0. The second kappa shape index (κ2) is 4.06. The van der Waals surface area contributed by atoms with Crippen molar-refractivity contribution >= 4 is 0 Å². The first-order valence-corrected chi connectivity index (χ1v) is 5.38. The van der Waals surface area contributed by atoms with Crippen LogP contribution in [0.2, 0.25) is 0 Å². The molecule has 0 N–H and O–H groups in total. The van der Waals surface area contributed by atoms with E-state index in [4.69, 9.17) is 5.26 Å². The molecule has 0 aliphatic rings. The van der Waals surface area contributed by atoms with Crippen LogP contribution in [0.25, 0.3) is 0 Å². The molecule has 0 saturated carbocycles. The highest BCUT2D eigenvalue weighted by atomic mass is 14.3. The van der Waals surface area contributed by atoms with Gasteiger partial charge in [0.25, 0.3) is 0 Å². The molecule has 0 spiro atoms. The Morgan fingerprint density at radius 1 is 0.800 bits per heavy atom. The quantitative estimate of drug-likeness (QED) is 0.677. The summed E-state index contributed by atoms with van der Waals surface area (Å²) < 4.78 is 0. The van der Waals surface area contributed by atoms with Crippen molar-refractivity contribution in [1.29, 1.82) is 5.26 Å². The van der Waals surface area contributed by atoms with E-state index in [2.05, 4.69) is 40.7 Å². The smallest absolute Gasteiger partial charge is 0.0701 e. The van der Waals surface area contributed by atoms with Gasteiger partial charge < -0.3 is 0 Å². The van der Waals surface area contributed by atoms with Gasteiger partial charge in [-0.2, -0.15) is 5.26 Å². The van der Waals surface area contributed by atoms with Crippen molar-refractivity contribution in [3.8, 4) is 6.07 Å². The molecule has 0 heterocycles. The highest BCUT2D eigenvalue weighted by Gasteiger charge is 2.16. The van der Waals surface area contributed by atoms with Crippen molar-refractivity contribution in [1.82, 2.24) is 0 Å². The minimum Gasteiger partial charge on any atom is -0.198 e. The average molecular weight is 201 g/mol. The summed E-state index contributed by atoms with van der Waals surface area (Å²) in [4.78, 5) is 0. The molecule has 80 valence electrons. The maximum Gasteiger partial charge on any atom is 0.0701 e. The highest BCUT2D eigenvalue weighted by Crippen LogP contribution is 2.30. The predicted octanol–water partition coefficient (Wildman–Crippen LogP) is 3.86. The summed E-state index contributed by atoms with van der Waals surface area (Å²) in [6, 6.07) is 2.34. The fourth-order valence-electron chi connectivity index (χ4n) is 2.24. The monoisotopic (exact) mass is 201 g/mol. The van der Waals surface area contributed by atoms with Crippen LogP contribution in [0.15, 0.2) is 0 Å². The van der Waals surface area contributed by atoms with Crippen LogP contribution in [-0.2, 0) is 0 Å². The van der Waals surface area contributed by atoms with Crippen LogP contribution in [0.3, 0.4) is 0 Å². The van der Waals surface area contributed by atoms with Gasteiger partial charge in [0, 0.05) is 0 Å². The lowest BCUT2D eigenvalue weighted by atomic mass is 9.84. The van der Waals surface area contributed by atoms with Gasteiger partial charge in [-0.15, -0.1) is 0 Å². The van der Waals surface area contributed by atoms with Crippen LogP contribution < -0.4 is 0 Å². The Kier molecular flexibility index (Phi) is 3.19. The fraction of sp³-hybridized carbons (Fsp3) is 0.500. The third-order valence-corrected chi connectivity index (χ3v) is 3.68. The predicted molar refractivity (Wildman–Crippen MR) is 64.2 cm³/mol. The standard InChI is InChI=1S/C14H19N/c1-8(7-15)14-12(5)10(3)9(2)11(4)13(14)6/h8H,1-6H3. The minimum absolute atomic E-state index is 0.0111. The molecule has 1 nitrogen and oxygen atoms in total. The molecule has 0 aromatic heterocycles. The van der Waals surface area contributed by atoms with Gasteiger partial charge in [0.1, 0.15) is 0 Å². The number of hydrogen-bond donors (Lipinski definition) is 0. The number of hydrogen-bond acceptors (Lipinski definition) is 1. The number of benzene rings is 1. The molecular formula is C14H19N. The van der Waals surface area contributed by atoms with Gasteiger partial charge in [0.05, 0.1) is 12.0 Å². The van der Waals surface area contributed by atoms with Crippen LogP contribution in [0.1, 0.15) is 46.2 Å². The molecule has 1 unspecified atom stereocenters. The summed E-state index contributed by atoms with van der Waals surface area (Å²) in [7, 11) is 0. The maximum atomic E-state index is 9.04. The molecule has 1 aromatic carbocycles. The Balaban J connectivity index is 3.61. The average Bonchev–Trinajstić information content (AvgIpc) is 2.23. The van der Waals surface area contributed by atoms with Crippen molar-refractivity contribution in [3.05, 3.63) is 33.4 Å². The third kappa shape index (κ3) is 1.77. The summed E-state index contributed by atoms with van der Waals surface area (Å²) in [5.74, 6) is -0.0111. The lowest BCUT2D eigenvalue weighted by molar-refractivity contribution is 0.933. The molecule has 1 rings (SSSR count). The molecule has 0 aliphatic heterocycles. The van der Waals surface area contributed by atoms with E-state index < -0.39 is 0 Å². The lowest BCUT2D eigenvalue weighted by Gasteiger charge is -2.19. The molecule has 15 heavy (non-hydrogen) atoms. The van der Waals surface area contributed by atoms with Crippen LogP contribution in [-0.4, -0.2) is 0 Å². The van der Waals surface area contributed by atoms with Gasteiger partial charge in [0.15, 0.2) is 0 Å². The van der Waals surface area contributed by atoms with E-state index in [1.54, 1.807) is 0 Å². The van der Waals surface area contributed by atoms with Crippen molar-refractivity contribution in [2.45, 2.75) is 47.5 Å². The lowest BCUT2D eigenvalue weighted by Crippen LogP contribution is -2.04. The van der Waals surface area contributed by atoms with Crippen molar-refractivity contribution < 1.29 is 0 Å². The van der Waals surface area contributed by atoms with E-state index in [1.807, 2.05) is 6.92 Å². The van der Waals surface area contributed by atoms with Gasteiger partial charge >= 0.3 is 0 Å². The molecule has 0 fully saturated rings. The molecule has 1 aromatic rings. The normalized spacial score (nSPS) is 12.3. The summed E-state index contributed by atoms with van der Waals surface area (Å²) in [5, 5.41) is 9.04. The zero-order valence-electron chi connectivity index (χ0n) is 10.5. The SMILES string of the molecule is Cc1c(C)c(C)c(C(C)C#N)c(C)c1C. The van der Waals surface area contributed by atoms with E-state index >= 15 is 0 Å². The van der Waals surface area contributed by atoms with Gasteiger partial charge in [0.2, 0.25) is 0 Å². The Morgan fingerprint density at radius 2 is 1.13 bits per heavy atom. The molecular weight excluding hydrogens is 182 g/mol. The molecule has 0 saturated heterocycles. The third-order valence-electron chi connectivity index (χ3n) is 3.68. The summed E-state index contributed by atoms with van der Waals surface area (Å²) in [6.07, 6.45) is 0. The van der Waals surface area contributed by atoms with Crippen LogP contribution in [0, 0.1) is 45.9 Å². The zero-order chi connectivity index (χ0) is 11.7. The van der Waals surface area contributed by atoms with E-state index in [0.717, 1.165) is 0 Å². The first kappa shape index (κ1) is 11.8. The van der Waals surface area contributed by atoms with Crippen molar-refractivity contribution in [2.24, 2.45) is 0 Å². The Morgan fingerprint density at radius 3 is 1.47 bits per heavy atom. The molecule has 1 atom stereocenters. The fourth-order valence-corrected chi connectivity index (χ4v) is 2.24. The van der Waals surface area contributed by atoms with Gasteiger partial charge in [-0.25, -0.2) is 0 Å². The molecule has 1 heteroatoms. The summed E-state index contributed by atoms with van der Waals surface area (Å²) in [6.45, 7) is 12.7. The Labute approximate surface area is 92.7 Å². The largest absolute Gasteiger partial charge is 0.198 e. The molecule has 0 amide bonds. The van der Waals surface area contributed by atoms with Gasteiger partial charge in [-0.05, 0) is 74.9 Å². The number of nitriles is 1. The van der Waals surface area contributed by atoms with Gasteiger partial charge in [-0.1, -0.05) is 0 Å². The summed E-state index contributed by atoms with van der Waals surface area (Å²) in [5.41, 5.74) is 7.80. The van der Waals surface area contributed by atoms with E-state index in [-0.39, 0.29) is 5.92 Å². The number of nitrogens with zero attached hydrogens (tertiary/aromatic N) is 1. The topological polar surface area (TPSA) is 23.8 Å². The zero-order valence-corrected chi connectivity index (χ0v) is 10.5. The Bertz CT molecular complexity index is 407. The van der Waals surface area contributed by atoms with Crippen molar-refractivity contribution in [3.63, 3.8) is 0 Å². The second-order valence-electron chi connectivity index (χ2n) is 4.39.